The molecule has 0 radical (unpaired) electrons. The fourth-order valence-electron chi connectivity index (χ4n) is 6.23. The van der Waals surface area contributed by atoms with E-state index in [9.17, 15) is 14.4 Å². The highest BCUT2D eigenvalue weighted by atomic mass is 16.5. The number of ether oxygens (including phenoxy) is 2. The third-order valence-corrected chi connectivity index (χ3v) is 7.94. The summed E-state index contributed by atoms with van der Waals surface area (Å²) in [4.78, 5) is 42.3. The van der Waals surface area contributed by atoms with Gasteiger partial charge in [-0.05, 0) is 55.0 Å². The molecule has 8 nitrogen and oxygen atoms in total. The number of benzene rings is 2. The lowest BCUT2D eigenvalue weighted by atomic mass is 9.81. The summed E-state index contributed by atoms with van der Waals surface area (Å²) in [5.41, 5.74) is 2.69. The molecular formula is C29H34N2O6. The summed E-state index contributed by atoms with van der Waals surface area (Å²) < 4.78 is 10.8. The predicted molar refractivity (Wildman–Crippen MR) is 138 cm³/mol. The normalized spacial score (nSPS) is 22.1. The lowest BCUT2D eigenvalue weighted by Gasteiger charge is -2.48. The Morgan fingerprint density at radius 3 is 2.43 bits per heavy atom. The maximum atomic E-state index is 13.9. The van der Waals surface area contributed by atoms with Gasteiger partial charge in [0.2, 0.25) is 11.8 Å². The van der Waals surface area contributed by atoms with E-state index in [4.69, 9.17) is 14.6 Å². The van der Waals surface area contributed by atoms with Crippen LogP contribution in [0, 0.1) is 5.92 Å². The molecule has 0 saturated heterocycles. The summed E-state index contributed by atoms with van der Waals surface area (Å²) in [7, 11) is 3.16. The van der Waals surface area contributed by atoms with Crippen molar-refractivity contribution in [1.82, 2.24) is 4.90 Å². The fourth-order valence-corrected chi connectivity index (χ4v) is 6.23. The Balaban J connectivity index is 1.48. The molecule has 2 aromatic rings. The van der Waals surface area contributed by atoms with E-state index in [0.717, 1.165) is 48.9 Å². The minimum absolute atomic E-state index is 0.000989. The number of amides is 2. The average Bonchev–Trinajstić information content (AvgIpc) is 3.62. The number of fused-ring (bicyclic) bond motifs is 2. The number of carboxylic acids is 1. The Morgan fingerprint density at radius 1 is 0.973 bits per heavy atom. The van der Waals surface area contributed by atoms with Crippen molar-refractivity contribution in [1.29, 1.82) is 0 Å². The number of hydrogen-bond acceptors (Lipinski definition) is 5. The number of para-hydroxylation sites is 1. The molecule has 3 aliphatic rings. The van der Waals surface area contributed by atoms with E-state index in [0.29, 0.717) is 11.5 Å². The van der Waals surface area contributed by atoms with Gasteiger partial charge in [0.15, 0.2) is 11.5 Å². The van der Waals surface area contributed by atoms with Crippen LogP contribution < -0.4 is 14.4 Å². The summed E-state index contributed by atoms with van der Waals surface area (Å²) in [6.45, 7) is 0. The molecule has 8 heteroatoms. The van der Waals surface area contributed by atoms with Crippen LogP contribution in [0.2, 0.25) is 0 Å². The van der Waals surface area contributed by atoms with Gasteiger partial charge >= 0.3 is 5.97 Å². The number of rotatable bonds is 9. The van der Waals surface area contributed by atoms with Crippen molar-refractivity contribution < 1.29 is 29.0 Å². The molecular weight excluding hydrogens is 472 g/mol. The molecule has 196 valence electrons. The first-order valence-electron chi connectivity index (χ1n) is 13.1. The highest BCUT2D eigenvalue weighted by Gasteiger charge is 2.51. The van der Waals surface area contributed by atoms with Gasteiger partial charge in [-0.1, -0.05) is 30.7 Å². The maximum Gasteiger partial charge on any atom is 0.303 e. The molecule has 1 aliphatic heterocycles. The molecule has 1 N–H and O–H groups in total. The van der Waals surface area contributed by atoms with Crippen LogP contribution in [0.25, 0.3) is 0 Å². The van der Waals surface area contributed by atoms with Crippen molar-refractivity contribution in [2.24, 2.45) is 5.92 Å². The molecule has 3 unspecified atom stereocenters. The lowest BCUT2D eigenvalue weighted by molar-refractivity contribution is -0.142. The van der Waals surface area contributed by atoms with Crippen molar-refractivity contribution in [3.05, 3.63) is 53.6 Å². The molecule has 0 bridgehead atoms. The standard InChI is InChI=1S/C29H34N2O6/c1-36-24-13-10-18(16-25(24)37-2)17-27(33)31-22-8-4-3-6-20(22)29(21-7-5-9-23(21)31)30(19-11-12-19)26(32)14-15-28(34)35/h3-4,6,8,10,13,16,19,21,23,29H,5,7,9,11-12,14-15,17H2,1-2H3,(H,34,35). The molecule has 2 aromatic carbocycles. The highest BCUT2D eigenvalue weighted by Crippen LogP contribution is 2.52. The lowest BCUT2D eigenvalue weighted by Crippen LogP contribution is -2.53. The first-order valence-corrected chi connectivity index (χ1v) is 13.1. The van der Waals surface area contributed by atoms with Gasteiger partial charge in [0.25, 0.3) is 0 Å². The second-order valence-electron chi connectivity index (χ2n) is 10.2. The van der Waals surface area contributed by atoms with E-state index in [1.807, 2.05) is 52.3 Å². The zero-order valence-electron chi connectivity index (χ0n) is 21.4. The van der Waals surface area contributed by atoms with E-state index < -0.39 is 5.97 Å². The Bertz CT molecular complexity index is 1190. The van der Waals surface area contributed by atoms with Crippen molar-refractivity contribution in [2.45, 2.75) is 69.5 Å². The van der Waals surface area contributed by atoms with Crippen molar-refractivity contribution in [2.75, 3.05) is 19.1 Å². The number of carboxylic acid groups (broad SMARTS) is 1. The summed E-state index contributed by atoms with van der Waals surface area (Å²) in [5.74, 6) is 0.294. The van der Waals surface area contributed by atoms with Crippen LogP contribution >= 0.6 is 0 Å². The summed E-state index contributed by atoms with van der Waals surface area (Å²) in [6.07, 6.45) is 4.75. The predicted octanol–water partition coefficient (Wildman–Crippen LogP) is 4.36. The van der Waals surface area contributed by atoms with E-state index in [2.05, 4.69) is 0 Å². The van der Waals surface area contributed by atoms with Gasteiger partial charge in [0.05, 0.1) is 33.1 Å². The Labute approximate surface area is 217 Å². The van der Waals surface area contributed by atoms with Crippen molar-refractivity contribution >= 4 is 23.5 Å². The van der Waals surface area contributed by atoms with Crippen LogP contribution in [-0.2, 0) is 20.8 Å². The molecule has 37 heavy (non-hydrogen) atoms. The molecule has 3 atom stereocenters. The highest BCUT2D eigenvalue weighted by molar-refractivity contribution is 5.97. The van der Waals surface area contributed by atoms with Gasteiger partial charge in [-0.2, -0.15) is 0 Å². The maximum absolute atomic E-state index is 13.9. The number of nitrogens with zero attached hydrogens (tertiary/aromatic N) is 2. The van der Waals surface area contributed by atoms with Crippen LogP contribution in [0.15, 0.2) is 42.5 Å². The van der Waals surface area contributed by atoms with E-state index in [-0.39, 0.29) is 55.1 Å². The van der Waals surface area contributed by atoms with Gasteiger partial charge < -0.3 is 24.4 Å². The van der Waals surface area contributed by atoms with E-state index >= 15 is 0 Å². The third-order valence-electron chi connectivity index (χ3n) is 7.94. The summed E-state index contributed by atoms with van der Waals surface area (Å²) in [5, 5.41) is 9.17. The first-order chi connectivity index (χ1) is 17.9. The largest absolute Gasteiger partial charge is 0.493 e. The van der Waals surface area contributed by atoms with Crippen LogP contribution in [0.5, 0.6) is 11.5 Å². The zero-order valence-corrected chi connectivity index (χ0v) is 21.4. The average molecular weight is 507 g/mol. The quantitative estimate of drug-likeness (QED) is 0.543. The summed E-state index contributed by atoms with van der Waals surface area (Å²) in [6, 6.07) is 13.5. The molecule has 5 rings (SSSR count). The molecule has 1 heterocycles. The van der Waals surface area contributed by atoms with E-state index in [1.54, 1.807) is 14.2 Å². The SMILES string of the molecule is COc1ccc(CC(=O)N2c3ccccc3C(N(C(=O)CCC(=O)O)C3CC3)C3CCCC32)cc1OC. The molecule has 2 saturated carbocycles. The number of carbonyl (C=O) groups is 3. The van der Waals surface area contributed by atoms with Gasteiger partial charge in [-0.25, -0.2) is 0 Å². The third kappa shape index (κ3) is 4.89. The number of methoxy groups -OCH3 is 2. The summed E-state index contributed by atoms with van der Waals surface area (Å²) >= 11 is 0. The van der Waals surface area contributed by atoms with Gasteiger partial charge in [-0.15, -0.1) is 0 Å². The number of anilines is 1. The fraction of sp³-hybridized carbons (Fsp3) is 0.483. The smallest absolute Gasteiger partial charge is 0.303 e. The minimum atomic E-state index is -0.959. The molecule has 2 fully saturated rings. The minimum Gasteiger partial charge on any atom is -0.493 e. The number of carbonyl (C=O) groups excluding carboxylic acids is 2. The van der Waals surface area contributed by atoms with Crippen LogP contribution in [-0.4, -0.2) is 54.1 Å². The van der Waals surface area contributed by atoms with Crippen LogP contribution in [0.3, 0.4) is 0 Å². The van der Waals surface area contributed by atoms with Crippen molar-refractivity contribution in [3.63, 3.8) is 0 Å². The Hall–Kier alpha value is -3.55. The first kappa shape index (κ1) is 25.1. The second-order valence-corrected chi connectivity index (χ2v) is 10.2. The zero-order chi connectivity index (χ0) is 26.1. The molecule has 0 aromatic heterocycles. The van der Waals surface area contributed by atoms with Crippen molar-refractivity contribution in [3.8, 4) is 11.5 Å². The molecule has 0 spiro atoms. The van der Waals surface area contributed by atoms with Gasteiger partial charge in [-0.3, -0.25) is 14.4 Å². The van der Waals surface area contributed by atoms with Crippen LogP contribution in [0.1, 0.15) is 62.1 Å². The van der Waals surface area contributed by atoms with E-state index in [1.165, 1.54) is 0 Å². The topological polar surface area (TPSA) is 96.4 Å². The Kier molecular flexibility index (Phi) is 7.09. The monoisotopic (exact) mass is 506 g/mol. The van der Waals surface area contributed by atoms with Gasteiger partial charge in [0, 0.05) is 30.1 Å². The van der Waals surface area contributed by atoms with Crippen LogP contribution in [0.4, 0.5) is 5.69 Å². The number of hydrogen-bond donors (Lipinski definition) is 1. The molecule has 2 aliphatic carbocycles. The second kappa shape index (κ2) is 10.4. The van der Waals surface area contributed by atoms with Gasteiger partial charge in [0.1, 0.15) is 0 Å². The molecule has 2 amide bonds. The Morgan fingerprint density at radius 2 is 1.73 bits per heavy atom. The number of aliphatic carboxylic acids is 1.